The molecule has 0 aliphatic heterocycles. The van der Waals surface area contributed by atoms with Crippen molar-refractivity contribution in [3.05, 3.63) is 107 Å². The van der Waals surface area contributed by atoms with Crippen LogP contribution in [0.1, 0.15) is 31.3 Å². The lowest BCUT2D eigenvalue weighted by molar-refractivity contribution is 0.101. The zero-order valence-corrected chi connectivity index (χ0v) is 18.0. The summed E-state index contributed by atoms with van der Waals surface area (Å²) in [5, 5.41) is 15.0. The second kappa shape index (κ2) is 10.5. The lowest BCUT2D eigenvalue weighted by atomic mass is 10.1. The fourth-order valence-corrected chi connectivity index (χ4v) is 3.62. The van der Waals surface area contributed by atoms with Gasteiger partial charge in [0.05, 0.1) is 0 Å². The van der Waals surface area contributed by atoms with E-state index in [9.17, 15) is 9.59 Å². The molecule has 0 atom stereocenters. The van der Waals surface area contributed by atoms with Crippen molar-refractivity contribution >= 4 is 46.4 Å². The molecule has 0 aliphatic rings. The fraction of sp³-hybridized carbons (Fsp3) is 0.0435. The minimum Gasteiger partial charge on any atom is -0.322 e. The molecule has 8 heteroatoms. The molecule has 1 heterocycles. The average Bonchev–Trinajstić information content (AvgIpc) is 3.22. The van der Waals surface area contributed by atoms with Gasteiger partial charge in [0.1, 0.15) is 5.01 Å². The molecular formula is C23H19ClN4O2S. The standard InChI is InChI=1S/C23H18N4O2S.ClH/c28-21(17-10-5-2-6-11-17)24-19-13-7-12-18(15-19)22(29)25-23-27-26-20(30-23)14-16-8-3-1-4-9-16;/h1-13,15H,14H2,(H,24,28)(H,25,27,29);1H. The summed E-state index contributed by atoms with van der Waals surface area (Å²) in [6.07, 6.45) is 0.662. The lowest BCUT2D eigenvalue weighted by Gasteiger charge is -2.07. The number of halogens is 1. The highest BCUT2D eigenvalue weighted by atomic mass is 35.5. The third kappa shape index (κ3) is 5.97. The van der Waals surface area contributed by atoms with E-state index in [0.717, 1.165) is 10.6 Å². The zero-order valence-electron chi connectivity index (χ0n) is 16.3. The molecule has 6 nitrogen and oxygen atoms in total. The number of nitrogens with one attached hydrogen (secondary N) is 2. The van der Waals surface area contributed by atoms with Gasteiger partial charge in [0.15, 0.2) is 0 Å². The molecule has 0 radical (unpaired) electrons. The van der Waals surface area contributed by atoms with Gasteiger partial charge in [0.2, 0.25) is 5.13 Å². The summed E-state index contributed by atoms with van der Waals surface area (Å²) >= 11 is 1.34. The summed E-state index contributed by atoms with van der Waals surface area (Å²) in [5.74, 6) is -0.545. The van der Waals surface area contributed by atoms with Crippen molar-refractivity contribution < 1.29 is 9.59 Å². The van der Waals surface area contributed by atoms with Crippen LogP contribution in [-0.4, -0.2) is 22.0 Å². The molecule has 0 spiro atoms. The first-order valence-corrected chi connectivity index (χ1v) is 10.1. The van der Waals surface area contributed by atoms with Crippen LogP contribution in [0, 0.1) is 0 Å². The first-order valence-electron chi connectivity index (χ1n) is 9.31. The van der Waals surface area contributed by atoms with E-state index in [1.807, 2.05) is 36.4 Å². The topological polar surface area (TPSA) is 84.0 Å². The SMILES string of the molecule is Cl.O=C(Nc1cccc(C(=O)Nc2nnc(Cc3ccccc3)s2)c1)c1ccccc1. The Bertz CT molecular complexity index is 1170. The summed E-state index contributed by atoms with van der Waals surface area (Å²) in [5.41, 5.74) is 2.64. The molecule has 156 valence electrons. The van der Waals surface area contributed by atoms with Crippen LogP contribution >= 0.6 is 23.7 Å². The van der Waals surface area contributed by atoms with Crippen LogP contribution in [0.4, 0.5) is 10.8 Å². The monoisotopic (exact) mass is 450 g/mol. The van der Waals surface area contributed by atoms with Gasteiger partial charge in [-0.15, -0.1) is 22.6 Å². The number of carbonyl (C=O) groups excluding carboxylic acids is 2. The van der Waals surface area contributed by atoms with Gasteiger partial charge in [-0.1, -0.05) is 65.9 Å². The Morgan fingerprint density at radius 1 is 0.742 bits per heavy atom. The molecule has 0 unspecified atom stereocenters. The van der Waals surface area contributed by atoms with Gasteiger partial charge >= 0.3 is 0 Å². The third-order valence-electron chi connectivity index (χ3n) is 4.30. The molecular weight excluding hydrogens is 432 g/mol. The van der Waals surface area contributed by atoms with Crippen molar-refractivity contribution in [1.29, 1.82) is 0 Å². The summed E-state index contributed by atoms with van der Waals surface area (Å²) in [4.78, 5) is 24.9. The maximum atomic E-state index is 12.6. The average molecular weight is 451 g/mol. The number of carbonyl (C=O) groups is 2. The van der Waals surface area contributed by atoms with Crippen LogP contribution in [0.2, 0.25) is 0 Å². The fourth-order valence-electron chi connectivity index (χ4n) is 2.85. The molecule has 2 amide bonds. The van der Waals surface area contributed by atoms with Crippen molar-refractivity contribution in [1.82, 2.24) is 10.2 Å². The van der Waals surface area contributed by atoms with Gasteiger partial charge in [-0.25, -0.2) is 0 Å². The Hall–Kier alpha value is -3.55. The maximum absolute atomic E-state index is 12.6. The Morgan fingerprint density at radius 2 is 1.39 bits per heavy atom. The van der Waals surface area contributed by atoms with E-state index < -0.39 is 0 Å². The predicted octanol–water partition coefficient (Wildman–Crippen LogP) is 5.06. The molecule has 0 saturated carbocycles. The van der Waals surface area contributed by atoms with Gasteiger partial charge in [-0.3, -0.25) is 14.9 Å². The molecule has 4 aromatic rings. The van der Waals surface area contributed by atoms with E-state index in [-0.39, 0.29) is 24.2 Å². The lowest BCUT2D eigenvalue weighted by Crippen LogP contribution is -2.14. The molecule has 31 heavy (non-hydrogen) atoms. The highest BCUT2D eigenvalue weighted by Gasteiger charge is 2.12. The van der Waals surface area contributed by atoms with Gasteiger partial charge in [-0.05, 0) is 35.9 Å². The number of rotatable bonds is 6. The van der Waals surface area contributed by atoms with Crippen LogP contribution in [0.5, 0.6) is 0 Å². The molecule has 0 aliphatic carbocycles. The van der Waals surface area contributed by atoms with Crippen molar-refractivity contribution in [2.45, 2.75) is 6.42 Å². The summed E-state index contributed by atoms with van der Waals surface area (Å²) in [7, 11) is 0. The summed E-state index contributed by atoms with van der Waals surface area (Å²) < 4.78 is 0. The van der Waals surface area contributed by atoms with Crippen LogP contribution < -0.4 is 10.6 Å². The van der Waals surface area contributed by atoms with Gasteiger partial charge in [-0.2, -0.15) is 0 Å². The molecule has 4 rings (SSSR count). The van der Waals surface area contributed by atoms with Crippen LogP contribution in [0.15, 0.2) is 84.9 Å². The first-order chi connectivity index (χ1) is 14.7. The smallest absolute Gasteiger partial charge is 0.257 e. The van der Waals surface area contributed by atoms with Crippen molar-refractivity contribution in [2.75, 3.05) is 10.6 Å². The van der Waals surface area contributed by atoms with Crippen LogP contribution in [-0.2, 0) is 6.42 Å². The van der Waals surface area contributed by atoms with Crippen LogP contribution in [0.25, 0.3) is 0 Å². The minimum absolute atomic E-state index is 0. The highest BCUT2D eigenvalue weighted by Crippen LogP contribution is 2.20. The van der Waals surface area contributed by atoms with E-state index in [1.165, 1.54) is 11.3 Å². The van der Waals surface area contributed by atoms with E-state index in [4.69, 9.17) is 0 Å². The summed E-state index contributed by atoms with van der Waals surface area (Å²) in [6, 6.07) is 25.6. The number of aromatic nitrogens is 2. The van der Waals surface area contributed by atoms with E-state index in [2.05, 4.69) is 20.8 Å². The van der Waals surface area contributed by atoms with E-state index in [0.29, 0.717) is 28.4 Å². The number of anilines is 2. The van der Waals surface area contributed by atoms with E-state index in [1.54, 1.807) is 48.5 Å². The highest BCUT2D eigenvalue weighted by molar-refractivity contribution is 7.15. The third-order valence-corrected chi connectivity index (χ3v) is 5.14. The molecule has 1 aromatic heterocycles. The molecule has 2 N–H and O–H groups in total. The Morgan fingerprint density at radius 3 is 2.13 bits per heavy atom. The van der Waals surface area contributed by atoms with Gasteiger partial charge in [0, 0.05) is 23.2 Å². The Kier molecular flexibility index (Phi) is 7.48. The van der Waals surface area contributed by atoms with Crippen molar-refractivity contribution in [3.8, 4) is 0 Å². The van der Waals surface area contributed by atoms with Crippen molar-refractivity contribution in [3.63, 3.8) is 0 Å². The molecule has 0 fully saturated rings. The number of benzene rings is 3. The molecule has 3 aromatic carbocycles. The number of hydrogen-bond donors (Lipinski definition) is 2. The van der Waals surface area contributed by atoms with E-state index >= 15 is 0 Å². The largest absolute Gasteiger partial charge is 0.322 e. The zero-order chi connectivity index (χ0) is 20.8. The van der Waals surface area contributed by atoms with Crippen molar-refractivity contribution in [2.24, 2.45) is 0 Å². The molecule has 0 saturated heterocycles. The number of hydrogen-bond acceptors (Lipinski definition) is 5. The molecule has 0 bridgehead atoms. The second-order valence-electron chi connectivity index (χ2n) is 6.52. The predicted molar refractivity (Wildman–Crippen MR) is 125 cm³/mol. The Balaban J connectivity index is 0.00000272. The first kappa shape index (κ1) is 22.1. The van der Waals surface area contributed by atoms with Crippen LogP contribution in [0.3, 0.4) is 0 Å². The number of amides is 2. The summed E-state index contributed by atoms with van der Waals surface area (Å²) in [6.45, 7) is 0. The minimum atomic E-state index is -0.312. The Labute approximate surface area is 189 Å². The van der Waals surface area contributed by atoms with Gasteiger partial charge in [0.25, 0.3) is 11.8 Å². The van der Waals surface area contributed by atoms with Gasteiger partial charge < -0.3 is 5.32 Å². The second-order valence-corrected chi connectivity index (χ2v) is 7.58. The maximum Gasteiger partial charge on any atom is 0.257 e. The normalized spacial score (nSPS) is 10.1. The quantitative estimate of drug-likeness (QED) is 0.430. The number of nitrogens with zero attached hydrogens (tertiary/aromatic N) is 2.